The molecule has 146 valence electrons. The average Bonchev–Trinajstić information content (AvgIpc) is 3.18. The Morgan fingerprint density at radius 3 is 2.64 bits per heavy atom. The number of thioether (sulfide) groups is 1. The minimum absolute atomic E-state index is 0.0516. The van der Waals surface area contributed by atoms with Crippen molar-refractivity contribution < 1.29 is 13.6 Å². The van der Waals surface area contributed by atoms with Crippen molar-refractivity contribution in [2.75, 3.05) is 19.3 Å². The number of nitrogens with zero attached hydrogens (tertiary/aromatic N) is 2. The first kappa shape index (κ1) is 20.1. The van der Waals surface area contributed by atoms with Gasteiger partial charge in [-0.25, -0.2) is 8.78 Å². The van der Waals surface area contributed by atoms with Crippen LogP contribution in [0.3, 0.4) is 0 Å². The van der Waals surface area contributed by atoms with Crippen molar-refractivity contribution >= 4 is 17.7 Å². The lowest BCUT2D eigenvalue weighted by Gasteiger charge is -2.16. The van der Waals surface area contributed by atoms with Crippen LogP contribution in [0, 0.1) is 11.6 Å². The quantitative estimate of drug-likeness (QED) is 0.564. The molecule has 2 aromatic carbocycles. The number of amides is 1. The summed E-state index contributed by atoms with van der Waals surface area (Å²) in [4.78, 5) is 14.4. The number of aryl methyl sites for hydroxylation is 1. The van der Waals surface area contributed by atoms with E-state index in [0.717, 1.165) is 41.9 Å². The van der Waals surface area contributed by atoms with Gasteiger partial charge in [-0.1, -0.05) is 30.3 Å². The van der Waals surface area contributed by atoms with Gasteiger partial charge in [0.05, 0.1) is 11.4 Å². The van der Waals surface area contributed by atoms with Crippen LogP contribution in [0.4, 0.5) is 8.78 Å². The number of aromatic amines is 1. The van der Waals surface area contributed by atoms with Crippen LogP contribution in [0.5, 0.6) is 0 Å². The Bertz CT molecular complexity index is 930. The molecule has 3 rings (SSSR count). The van der Waals surface area contributed by atoms with Crippen molar-refractivity contribution in [2.24, 2.45) is 0 Å². The number of hydrogen-bond acceptors (Lipinski definition) is 3. The van der Waals surface area contributed by atoms with Gasteiger partial charge >= 0.3 is 0 Å². The summed E-state index contributed by atoms with van der Waals surface area (Å²) in [5.41, 5.74) is 2.99. The summed E-state index contributed by atoms with van der Waals surface area (Å²) in [6.07, 6.45) is 1.59. The molecular weight excluding hydrogens is 380 g/mol. The van der Waals surface area contributed by atoms with Crippen molar-refractivity contribution in [1.82, 2.24) is 15.1 Å². The zero-order valence-corrected chi connectivity index (χ0v) is 16.3. The molecule has 4 nitrogen and oxygen atoms in total. The van der Waals surface area contributed by atoms with Crippen molar-refractivity contribution in [2.45, 2.75) is 17.7 Å². The van der Waals surface area contributed by atoms with Crippen LogP contribution in [0.15, 0.2) is 59.5 Å². The Kier molecular flexibility index (Phi) is 6.81. The van der Waals surface area contributed by atoms with Crippen LogP contribution >= 0.6 is 11.8 Å². The molecule has 28 heavy (non-hydrogen) atoms. The molecular formula is C21H21F2N3OS. The summed E-state index contributed by atoms with van der Waals surface area (Å²) < 4.78 is 26.1. The van der Waals surface area contributed by atoms with Gasteiger partial charge in [-0.2, -0.15) is 5.10 Å². The van der Waals surface area contributed by atoms with Crippen molar-refractivity contribution in [1.29, 1.82) is 0 Å². The first-order valence-corrected chi connectivity index (χ1v) is 9.93. The molecule has 0 spiro atoms. The number of carbonyl (C=O) groups is 1. The molecule has 0 aliphatic carbocycles. The third-order valence-electron chi connectivity index (χ3n) is 4.32. The van der Waals surface area contributed by atoms with Crippen molar-refractivity contribution in [3.05, 3.63) is 71.9 Å². The minimum atomic E-state index is -0.903. The Hall–Kier alpha value is -2.67. The highest BCUT2D eigenvalue weighted by Crippen LogP contribution is 2.21. The summed E-state index contributed by atoms with van der Waals surface area (Å²) in [5, 5.41) is 7.37. The number of carbonyl (C=O) groups excluding carboxylic acids is 1. The molecule has 0 saturated carbocycles. The lowest BCUT2D eigenvalue weighted by Crippen LogP contribution is -2.29. The number of benzene rings is 2. The van der Waals surface area contributed by atoms with Gasteiger partial charge in [0, 0.05) is 29.7 Å². The maximum atomic E-state index is 13.2. The maximum absolute atomic E-state index is 13.2. The number of nitrogens with one attached hydrogen (secondary N) is 1. The lowest BCUT2D eigenvalue weighted by molar-refractivity contribution is -0.127. The van der Waals surface area contributed by atoms with Crippen LogP contribution in [0.1, 0.15) is 12.1 Å². The summed E-state index contributed by atoms with van der Waals surface area (Å²) in [6, 6.07) is 15.6. The average molecular weight is 401 g/mol. The highest BCUT2D eigenvalue weighted by molar-refractivity contribution is 8.00. The van der Waals surface area contributed by atoms with E-state index < -0.39 is 11.6 Å². The predicted octanol–water partition coefficient (Wildman–Crippen LogP) is 4.54. The second-order valence-electron chi connectivity index (χ2n) is 6.43. The summed E-state index contributed by atoms with van der Waals surface area (Å²) >= 11 is 1.20. The van der Waals surface area contributed by atoms with E-state index in [-0.39, 0.29) is 11.7 Å². The normalized spacial score (nSPS) is 10.8. The lowest BCUT2D eigenvalue weighted by atomic mass is 10.1. The van der Waals surface area contributed by atoms with Crippen LogP contribution in [0.2, 0.25) is 0 Å². The Morgan fingerprint density at radius 1 is 1.11 bits per heavy atom. The van der Waals surface area contributed by atoms with E-state index in [1.807, 2.05) is 36.4 Å². The van der Waals surface area contributed by atoms with Gasteiger partial charge in [-0.15, -0.1) is 11.8 Å². The van der Waals surface area contributed by atoms with Gasteiger partial charge in [0.1, 0.15) is 0 Å². The molecule has 1 aromatic heterocycles. The predicted molar refractivity (Wildman–Crippen MR) is 107 cm³/mol. The van der Waals surface area contributed by atoms with Crippen LogP contribution in [-0.4, -0.2) is 40.3 Å². The van der Waals surface area contributed by atoms with E-state index in [1.54, 1.807) is 11.9 Å². The van der Waals surface area contributed by atoms with Crippen LogP contribution in [-0.2, 0) is 11.2 Å². The second kappa shape index (κ2) is 9.50. The Morgan fingerprint density at radius 2 is 1.89 bits per heavy atom. The molecule has 1 amide bonds. The monoisotopic (exact) mass is 401 g/mol. The summed E-state index contributed by atoms with van der Waals surface area (Å²) in [6.45, 7) is 0.608. The second-order valence-corrected chi connectivity index (χ2v) is 7.48. The summed E-state index contributed by atoms with van der Waals surface area (Å²) in [7, 11) is 1.75. The van der Waals surface area contributed by atoms with Crippen LogP contribution < -0.4 is 0 Å². The zero-order valence-electron chi connectivity index (χ0n) is 15.5. The zero-order chi connectivity index (χ0) is 19.9. The first-order chi connectivity index (χ1) is 13.5. The van der Waals surface area contributed by atoms with Gasteiger partial charge in [0.2, 0.25) is 5.91 Å². The van der Waals surface area contributed by atoms with Gasteiger partial charge in [0.25, 0.3) is 0 Å². The standard InChI is InChI=1S/C21H21F2N3OS/c1-26(21(27)14-28-17-9-10-18(22)19(23)13-17)11-5-8-16-12-20(25-24-16)15-6-3-2-4-7-15/h2-4,6-7,9-10,12-13H,5,8,11,14H2,1H3,(H,24,25). The Balaban J connectivity index is 1.42. The number of aromatic nitrogens is 2. The molecule has 0 bridgehead atoms. The van der Waals surface area contributed by atoms with Crippen molar-refractivity contribution in [3.8, 4) is 11.3 Å². The molecule has 3 aromatic rings. The number of halogens is 2. The van der Waals surface area contributed by atoms with Crippen LogP contribution in [0.25, 0.3) is 11.3 Å². The van der Waals surface area contributed by atoms with Gasteiger partial charge in [-0.3, -0.25) is 9.89 Å². The molecule has 0 aliphatic rings. The number of hydrogen-bond donors (Lipinski definition) is 1. The van der Waals surface area contributed by atoms with E-state index in [4.69, 9.17) is 0 Å². The van der Waals surface area contributed by atoms with Gasteiger partial charge in [-0.05, 0) is 37.1 Å². The van der Waals surface area contributed by atoms with Gasteiger partial charge < -0.3 is 4.90 Å². The highest BCUT2D eigenvalue weighted by atomic mass is 32.2. The third-order valence-corrected chi connectivity index (χ3v) is 5.30. The van der Waals surface area contributed by atoms with E-state index in [2.05, 4.69) is 10.2 Å². The largest absolute Gasteiger partial charge is 0.345 e. The molecule has 0 unspecified atom stereocenters. The molecule has 1 N–H and O–H groups in total. The molecule has 1 heterocycles. The first-order valence-electron chi connectivity index (χ1n) is 8.94. The summed E-state index contributed by atoms with van der Waals surface area (Å²) in [5.74, 6) is -1.66. The fourth-order valence-electron chi connectivity index (χ4n) is 2.70. The Labute approximate surface area is 167 Å². The van der Waals surface area contributed by atoms with Gasteiger partial charge in [0.15, 0.2) is 11.6 Å². The molecule has 0 atom stereocenters. The fourth-order valence-corrected chi connectivity index (χ4v) is 3.56. The van der Waals surface area contributed by atoms with Crippen molar-refractivity contribution in [3.63, 3.8) is 0 Å². The third kappa shape index (κ3) is 5.42. The molecule has 7 heteroatoms. The number of H-pyrrole nitrogens is 1. The molecule has 0 saturated heterocycles. The van der Waals surface area contributed by atoms with E-state index in [0.29, 0.717) is 11.4 Å². The highest BCUT2D eigenvalue weighted by Gasteiger charge is 2.11. The minimum Gasteiger partial charge on any atom is -0.345 e. The van der Waals surface area contributed by atoms with E-state index in [9.17, 15) is 13.6 Å². The molecule has 0 aliphatic heterocycles. The number of rotatable bonds is 8. The molecule has 0 fully saturated rings. The van der Waals surface area contributed by atoms with E-state index >= 15 is 0 Å². The fraction of sp³-hybridized carbons (Fsp3) is 0.238. The topological polar surface area (TPSA) is 49.0 Å². The maximum Gasteiger partial charge on any atom is 0.232 e. The smallest absolute Gasteiger partial charge is 0.232 e. The van der Waals surface area contributed by atoms with E-state index in [1.165, 1.54) is 17.8 Å². The molecule has 0 radical (unpaired) electrons. The SMILES string of the molecule is CN(CCCc1cc(-c2ccccc2)n[nH]1)C(=O)CSc1ccc(F)c(F)c1.